The zero-order valence-corrected chi connectivity index (χ0v) is 19.1. The summed E-state index contributed by atoms with van der Waals surface area (Å²) in [4.78, 5) is 15.1. The molecule has 172 valence electrons. The number of amides is 1. The van der Waals surface area contributed by atoms with Gasteiger partial charge in [-0.05, 0) is 49.6 Å². The van der Waals surface area contributed by atoms with Gasteiger partial charge in [0.1, 0.15) is 0 Å². The molecule has 0 aromatic heterocycles. The first kappa shape index (κ1) is 22.6. The Kier molecular flexibility index (Phi) is 6.98. The molecule has 0 bridgehead atoms. The Morgan fingerprint density at radius 2 is 1.97 bits per heavy atom. The molecule has 1 atom stereocenters. The summed E-state index contributed by atoms with van der Waals surface area (Å²) in [6.45, 7) is 6.07. The van der Waals surface area contributed by atoms with Gasteiger partial charge in [-0.1, -0.05) is 18.2 Å². The molecule has 8 nitrogen and oxygen atoms in total. The maximum Gasteiger partial charge on any atom is 0.262 e. The lowest BCUT2D eigenvalue weighted by molar-refractivity contribution is 0.0858. The Balaban J connectivity index is 1.61. The van der Waals surface area contributed by atoms with Crippen LogP contribution in [0, 0.1) is 6.92 Å². The first-order chi connectivity index (χ1) is 15.4. The fraction of sp³-hybridized carbons (Fsp3) is 0.435. The molecule has 4 rings (SSSR count). The van der Waals surface area contributed by atoms with E-state index in [0.29, 0.717) is 23.4 Å². The van der Waals surface area contributed by atoms with Gasteiger partial charge in [-0.3, -0.25) is 9.52 Å². The number of piperazine rings is 1. The lowest BCUT2D eigenvalue weighted by Crippen LogP contribution is -2.43. The zero-order valence-electron chi connectivity index (χ0n) is 18.3. The molecule has 9 heteroatoms. The van der Waals surface area contributed by atoms with Crippen LogP contribution in [-0.4, -0.2) is 59.8 Å². The quantitative estimate of drug-likeness (QED) is 0.588. The van der Waals surface area contributed by atoms with Crippen molar-refractivity contribution in [3.63, 3.8) is 0 Å². The van der Waals surface area contributed by atoms with Gasteiger partial charge < -0.3 is 20.3 Å². The van der Waals surface area contributed by atoms with Crippen LogP contribution in [0.15, 0.2) is 47.4 Å². The average molecular weight is 459 g/mol. The molecule has 0 radical (unpaired) electrons. The lowest BCUT2D eigenvalue weighted by Gasteiger charge is -2.31. The zero-order chi connectivity index (χ0) is 22.6. The summed E-state index contributed by atoms with van der Waals surface area (Å²) < 4.78 is 34.7. The van der Waals surface area contributed by atoms with E-state index in [1.54, 1.807) is 43.3 Å². The molecule has 0 unspecified atom stereocenters. The number of aryl methyl sites for hydroxylation is 1. The molecular weight excluding hydrogens is 428 g/mol. The number of ether oxygens (including phenoxy) is 1. The fourth-order valence-corrected chi connectivity index (χ4v) is 5.42. The van der Waals surface area contributed by atoms with E-state index < -0.39 is 10.0 Å². The van der Waals surface area contributed by atoms with Gasteiger partial charge >= 0.3 is 0 Å². The van der Waals surface area contributed by atoms with Gasteiger partial charge in [0.2, 0.25) is 0 Å². The number of sulfonamides is 1. The van der Waals surface area contributed by atoms with Gasteiger partial charge in [0.15, 0.2) is 0 Å². The molecule has 2 fully saturated rings. The third-order valence-corrected chi connectivity index (χ3v) is 7.38. The van der Waals surface area contributed by atoms with Gasteiger partial charge in [-0.2, -0.15) is 0 Å². The molecule has 2 aliphatic heterocycles. The number of hydrogen-bond donors (Lipinski definition) is 3. The normalized spacial score (nSPS) is 19.0. The van der Waals surface area contributed by atoms with Crippen molar-refractivity contribution in [3.8, 4) is 0 Å². The number of anilines is 2. The SMILES string of the molecule is Cc1ccccc1S(=O)(=O)Nc1cc(C(=O)NC[C@@H]2CCCO2)ccc1N1CCNCC1. The van der Waals surface area contributed by atoms with Crippen LogP contribution in [0.4, 0.5) is 11.4 Å². The highest BCUT2D eigenvalue weighted by Crippen LogP contribution is 2.30. The van der Waals surface area contributed by atoms with Crippen LogP contribution in [0.25, 0.3) is 0 Å². The summed E-state index contributed by atoms with van der Waals surface area (Å²) in [5.41, 5.74) is 2.23. The van der Waals surface area contributed by atoms with Crippen molar-refractivity contribution in [1.29, 1.82) is 0 Å². The van der Waals surface area contributed by atoms with Crippen LogP contribution in [-0.2, 0) is 14.8 Å². The smallest absolute Gasteiger partial charge is 0.262 e. The van der Waals surface area contributed by atoms with Crippen molar-refractivity contribution in [2.45, 2.75) is 30.8 Å². The molecule has 2 aliphatic rings. The maximum absolute atomic E-state index is 13.2. The number of nitrogens with one attached hydrogen (secondary N) is 3. The molecule has 0 spiro atoms. The second-order valence-corrected chi connectivity index (χ2v) is 9.84. The van der Waals surface area contributed by atoms with Gasteiger partial charge in [0.05, 0.1) is 22.4 Å². The van der Waals surface area contributed by atoms with E-state index in [0.717, 1.165) is 51.3 Å². The predicted octanol–water partition coefficient (Wildman–Crippen LogP) is 2.11. The molecule has 32 heavy (non-hydrogen) atoms. The molecule has 0 saturated carbocycles. The van der Waals surface area contributed by atoms with Crippen LogP contribution in [0.1, 0.15) is 28.8 Å². The second-order valence-electron chi connectivity index (χ2n) is 8.19. The van der Waals surface area contributed by atoms with E-state index in [1.807, 2.05) is 6.07 Å². The van der Waals surface area contributed by atoms with Crippen LogP contribution in [0.5, 0.6) is 0 Å². The highest BCUT2D eigenvalue weighted by molar-refractivity contribution is 7.92. The highest BCUT2D eigenvalue weighted by Gasteiger charge is 2.23. The minimum absolute atomic E-state index is 0.0399. The minimum atomic E-state index is -3.82. The van der Waals surface area contributed by atoms with E-state index in [4.69, 9.17) is 4.74 Å². The van der Waals surface area contributed by atoms with Crippen LogP contribution >= 0.6 is 0 Å². The standard InChI is InChI=1S/C23H30N4O4S/c1-17-5-2-3-7-22(17)32(29,30)26-20-15-18(23(28)25-16-19-6-4-14-31-19)8-9-21(20)27-12-10-24-11-13-27/h2-3,5,7-9,15,19,24,26H,4,6,10-14,16H2,1H3,(H,25,28)/t19-/m0/s1. The lowest BCUT2D eigenvalue weighted by atomic mass is 10.1. The summed E-state index contributed by atoms with van der Waals surface area (Å²) >= 11 is 0. The van der Waals surface area contributed by atoms with Gasteiger partial charge in [0.25, 0.3) is 15.9 Å². The van der Waals surface area contributed by atoms with E-state index in [2.05, 4.69) is 20.3 Å². The summed E-state index contributed by atoms with van der Waals surface area (Å²) in [7, 11) is -3.82. The van der Waals surface area contributed by atoms with Crippen molar-refractivity contribution in [2.75, 3.05) is 49.0 Å². The monoisotopic (exact) mass is 458 g/mol. The van der Waals surface area contributed by atoms with E-state index in [-0.39, 0.29) is 16.9 Å². The summed E-state index contributed by atoms with van der Waals surface area (Å²) in [6.07, 6.45) is 1.98. The largest absolute Gasteiger partial charge is 0.376 e. The summed E-state index contributed by atoms with van der Waals surface area (Å²) in [5.74, 6) is -0.247. The first-order valence-electron chi connectivity index (χ1n) is 11.0. The van der Waals surface area contributed by atoms with Crippen LogP contribution in [0.2, 0.25) is 0 Å². The van der Waals surface area contributed by atoms with Crippen molar-refractivity contribution in [3.05, 3.63) is 53.6 Å². The predicted molar refractivity (Wildman–Crippen MR) is 125 cm³/mol. The van der Waals surface area contributed by atoms with Crippen molar-refractivity contribution < 1.29 is 17.9 Å². The minimum Gasteiger partial charge on any atom is -0.376 e. The van der Waals surface area contributed by atoms with Gasteiger partial charge in [0, 0.05) is 44.9 Å². The third kappa shape index (κ3) is 5.23. The molecule has 1 amide bonds. The number of carbonyl (C=O) groups is 1. The first-order valence-corrected chi connectivity index (χ1v) is 12.5. The third-order valence-electron chi connectivity index (χ3n) is 5.86. The van der Waals surface area contributed by atoms with Crippen LogP contribution < -0.4 is 20.3 Å². The second kappa shape index (κ2) is 9.89. The molecule has 2 aromatic rings. The number of nitrogens with zero attached hydrogens (tertiary/aromatic N) is 1. The van der Waals surface area contributed by atoms with Crippen LogP contribution in [0.3, 0.4) is 0 Å². The molecular formula is C23H30N4O4S. The molecule has 2 aromatic carbocycles. The summed E-state index contributed by atoms with van der Waals surface area (Å²) in [5, 5.41) is 6.21. The Morgan fingerprint density at radius 1 is 1.19 bits per heavy atom. The Morgan fingerprint density at radius 3 is 2.69 bits per heavy atom. The Hall–Kier alpha value is -2.62. The number of hydrogen-bond acceptors (Lipinski definition) is 6. The highest BCUT2D eigenvalue weighted by atomic mass is 32.2. The number of carbonyl (C=O) groups excluding carboxylic acids is 1. The Labute approximate surface area is 189 Å². The van der Waals surface area contributed by atoms with Crippen molar-refractivity contribution >= 4 is 27.3 Å². The van der Waals surface area contributed by atoms with E-state index >= 15 is 0 Å². The average Bonchev–Trinajstić information content (AvgIpc) is 3.32. The number of benzene rings is 2. The summed E-state index contributed by atoms with van der Waals surface area (Å²) in [6, 6.07) is 12.0. The van der Waals surface area contributed by atoms with Crippen molar-refractivity contribution in [1.82, 2.24) is 10.6 Å². The van der Waals surface area contributed by atoms with Gasteiger partial charge in [-0.25, -0.2) is 8.42 Å². The topological polar surface area (TPSA) is 99.8 Å². The maximum atomic E-state index is 13.2. The van der Waals surface area contributed by atoms with Crippen molar-refractivity contribution in [2.24, 2.45) is 0 Å². The van der Waals surface area contributed by atoms with Gasteiger partial charge in [-0.15, -0.1) is 0 Å². The molecule has 0 aliphatic carbocycles. The van der Waals surface area contributed by atoms with E-state index in [9.17, 15) is 13.2 Å². The molecule has 2 heterocycles. The molecule has 2 saturated heterocycles. The number of rotatable bonds is 7. The Bertz CT molecular complexity index is 1060. The molecule has 3 N–H and O–H groups in total. The van der Waals surface area contributed by atoms with E-state index in [1.165, 1.54) is 0 Å². The fourth-order valence-electron chi connectivity index (χ4n) is 4.11.